The zero-order valence-electron chi connectivity index (χ0n) is 6.33. The molecule has 0 aliphatic carbocycles. The SMILES string of the molecule is C(=CC1CN1)c1ccccc1. The minimum absolute atomic E-state index is 0.634. The summed E-state index contributed by atoms with van der Waals surface area (Å²) in [6.07, 6.45) is 4.36. The van der Waals surface area contributed by atoms with Crippen LogP contribution < -0.4 is 5.32 Å². The van der Waals surface area contributed by atoms with E-state index in [4.69, 9.17) is 0 Å². The van der Waals surface area contributed by atoms with Gasteiger partial charge in [0.05, 0.1) is 0 Å². The highest BCUT2D eigenvalue weighted by Crippen LogP contribution is 2.05. The highest BCUT2D eigenvalue weighted by Gasteiger charge is 2.14. The first kappa shape index (κ1) is 6.62. The first-order chi connectivity index (χ1) is 5.45. The van der Waals surface area contributed by atoms with Crippen LogP contribution in [0, 0.1) is 0 Å². The Morgan fingerprint density at radius 2 is 2.00 bits per heavy atom. The second-order valence-electron chi connectivity index (χ2n) is 2.78. The largest absolute Gasteiger partial charge is 0.307 e. The fourth-order valence-electron chi connectivity index (χ4n) is 0.996. The van der Waals surface area contributed by atoms with Gasteiger partial charge in [0.25, 0.3) is 0 Å². The summed E-state index contributed by atoms with van der Waals surface area (Å²) in [5.74, 6) is 0. The molecule has 1 nitrogen and oxygen atoms in total. The molecule has 0 amide bonds. The van der Waals surface area contributed by atoms with Crippen molar-refractivity contribution in [1.29, 1.82) is 0 Å². The van der Waals surface area contributed by atoms with Crippen LogP contribution in [0.4, 0.5) is 0 Å². The van der Waals surface area contributed by atoms with E-state index in [-0.39, 0.29) is 0 Å². The molecule has 1 aliphatic rings. The number of hydrogen-bond acceptors (Lipinski definition) is 1. The van der Waals surface area contributed by atoms with Crippen molar-refractivity contribution in [2.75, 3.05) is 6.54 Å². The molecule has 0 aromatic heterocycles. The van der Waals surface area contributed by atoms with Crippen molar-refractivity contribution in [1.82, 2.24) is 5.32 Å². The summed E-state index contributed by atoms with van der Waals surface area (Å²) in [6, 6.07) is 11.0. The molecular weight excluding hydrogens is 134 g/mol. The van der Waals surface area contributed by atoms with Crippen molar-refractivity contribution >= 4 is 6.08 Å². The predicted octanol–water partition coefficient (Wildman–Crippen LogP) is 1.67. The second kappa shape index (κ2) is 2.89. The second-order valence-corrected chi connectivity index (χ2v) is 2.78. The monoisotopic (exact) mass is 145 g/mol. The maximum absolute atomic E-state index is 3.22. The normalized spacial score (nSPS) is 22.4. The van der Waals surface area contributed by atoms with Crippen LogP contribution in [-0.2, 0) is 0 Å². The van der Waals surface area contributed by atoms with Gasteiger partial charge in [-0.3, -0.25) is 0 Å². The average Bonchev–Trinajstić information content (AvgIpc) is 2.86. The topological polar surface area (TPSA) is 21.9 Å². The van der Waals surface area contributed by atoms with Crippen LogP contribution in [-0.4, -0.2) is 12.6 Å². The van der Waals surface area contributed by atoms with E-state index >= 15 is 0 Å². The van der Waals surface area contributed by atoms with Gasteiger partial charge >= 0.3 is 0 Å². The van der Waals surface area contributed by atoms with Crippen LogP contribution in [0.3, 0.4) is 0 Å². The smallest absolute Gasteiger partial charge is 0.0380 e. The molecule has 2 rings (SSSR count). The molecule has 1 aromatic rings. The Kier molecular flexibility index (Phi) is 1.74. The molecule has 1 aromatic carbocycles. The van der Waals surface area contributed by atoms with Crippen LogP contribution in [0.2, 0.25) is 0 Å². The average molecular weight is 145 g/mol. The lowest BCUT2D eigenvalue weighted by atomic mass is 10.2. The highest BCUT2D eigenvalue weighted by molar-refractivity contribution is 5.50. The zero-order valence-corrected chi connectivity index (χ0v) is 6.33. The molecule has 0 saturated carbocycles. The van der Waals surface area contributed by atoms with Gasteiger partial charge in [-0.15, -0.1) is 0 Å². The molecule has 1 atom stereocenters. The molecule has 1 aliphatic heterocycles. The molecule has 0 radical (unpaired) electrons. The van der Waals surface area contributed by atoms with Crippen LogP contribution >= 0.6 is 0 Å². The highest BCUT2D eigenvalue weighted by atomic mass is 15.1. The van der Waals surface area contributed by atoms with Gasteiger partial charge < -0.3 is 5.32 Å². The lowest BCUT2D eigenvalue weighted by Gasteiger charge is -1.88. The van der Waals surface area contributed by atoms with E-state index in [9.17, 15) is 0 Å². The van der Waals surface area contributed by atoms with Crippen molar-refractivity contribution in [2.45, 2.75) is 6.04 Å². The summed E-state index contributed by atoms with van der Waals surface area (Å²) in [5.41, 5.74) is 1.28. The molecule has 56 valence electrons. The molecule has 1 heteroatoms. The quantitative estimate of drug-likeness (QED) is 0.628. The molecule has 1 heterocycles. The summed E-state index contributed by atoms with van der Waals surface area (Å²) in [7, 11) is 0. The Balaban J connectivity index is 2.05. The van der Waals surface area contributed by atoms with Crippen molar-refractivity contribution in [3.05, 3.63) is 42.0 Å². The Morgan fingerprint density at radius 1 is 1.27 bits per heavy atom. The van der Waals surface area contributed by atoms with Crippen LogP contribution in [0.1, 0.15) is 5.56 Å². The molecular formula is C10H11N. The third-order valence-electron chi connectivity index (χ3n) is 1.76. The van der Waals surface area contributed by atoms with Gasteiger partial charge in [-0.1, -0.05) is 42.5 Å². The summed E-state index contributed by atoms with van der Waals surface area (Å²) >= 11 is 0. The molecule has 0 bridgehead atoms. The van der Waals surface area contributed by atoms with Crippen LogP contribution in [0.5, 0.6) is 0 Å². The molecule has 0 spiro atoms. The van der Waals surface area contributed by atoms with E-state index in [1.165, 1.54) is 5.56 Å². The molecule has 1 fully saturated rings. The van der Waals surface area contributed by atoms with E-state index in [1.54, 1.807) is 0 Å². The predicted molar refractivity (Wildman–Crippen MR) is 47.3 cm³/mol. The van der Waals surface area contributed by atoms with Gasteiger partial charge in [-0.2, -0.15) is 0 Å². The summed E-state index contributed by atoms with van der Waals surface area (Å²) in [6.45, 7) is 1.14. The van der Waals surface area contributed by atoms with Gasteiger partial charge in [-0.25, -0.2) is 0 Å². The van der Waals surface area contributed by atoms with Crippen molar-refractivity contribution < 1.29 is 0 Å². The van der Waals surface area contributed by atoms with Gasteiger partial charge in [-0.05, 0) is 5.56 Å². The standard InChI is InChI=1S/C10H11N/c1-2-4-9(5-3-1)6-7-10-8-11-10/h1-7,10-11H,8H2. The number of benzene rings is 1. The molecule has 1 N–H and O–H groups in total. The lowest BCUT2D eigenvalue weighted by molar-refractivity contribution is 1.21. The van der Waals surface area contributed by atoms with E-state index in [2.05, 4.69) is 41.7 Å². The maximum Gasteiger partial charge on any atom is 0.0380 e. The van der Waals surface area contributed by atoms with Gasteiger partial charge in [0, 0.05) is 12.6 Å². The Labute approximate surface area is 66.7 Å². The minimum Gasteiger partial charge on any atom is -0.307 e. The Hall–Kier alpha value is -1.08. The van der Waals surface area contributed by atoms with Crippen molar-refractivity contribution in [2.24, 2.45) is 0 Å². The number of rotatable bonds is 2. The Morgan fingerprint density at radius 3 is 2.64 bits per heavy atom. The first-order valence-corrected chi connectivity index (χ1v) is 3.92. The van der Waals surface area contributed by atoms with Gasteiger partial charge in [0.15, 0.2) is 0 Å². The van der Waals surface area contributed by atoms with Crippen molar-refractivity contribution in [3.63, 3.8) is 0 Å². The summed E-state index contributed by atoms with van der Waals surface area (Å²) < 4.78 is 0. The molecule has 1 unspecified atom stereocenters. The summed E-state index contributed by atoms with van der Waals surface area (Å²) in [5, 5.41) is 3.22. The van der Waals surface area contributed by atoms with E-state index in [0.717, 1.165) is 6.54 Å². The maximum atomic E-state index is 3.22. The third-order valence-corrected chi connectivity index (χ3v) is 1.76. The summed E-state index contributed by atoms with van der Waals surface area (Å²) in [4.78, 5) is 0. The number of hydrogen-bond donors (Lipinski definition) is 1. The minimum atomic E-state index is 0.634. The van der Waals surface area contributed by atoms with Crippen LogP contribution in [0.15, 0.2) is 36.4 Å². The van der Waals surface area contributed by atoms with Gasteiger partial charge in [0.1, 0.15) is 0 Å². The first-order valence-electron chi connectivity index (χ1n) is 3.92. The van der Waals surface area contributed by atoms with E-state index < -0.39 is 0 Å². The van der Waals surface area contributed by atoms with Crippen molar-refractivity contribution in [3.8, 4) is 0 Å². The van der Waals surface area contributed by atoms with E-state index in [0.29, 0.717) is 6.04 Å². The third kappa shape index (κ3) is 1.92. The lowest BCUT2D eigenvalue weighted by Crippen LogP contribution is -1.80. The molecule has 11 heavy (non-hydrogen) atoms. The Bertz CT molecular complexity index is 247. The van der Waals surface area contributed by atoms with Gasteiger partial charge in [0.2, 0.25) is 0 Å². The van der Waals surface area contributed by atoms with E-state index in [1.807, 2.05) is 6.07 Å². The number of nitrogens with one attached hydrogen (secondary N) is 1. The fourth-order valence-corrected chi connectivity index (χ4v) is 0.996. The fraction of sp³-hybridized carbons (Fsp3) is 0.200. The zero-order chi connectivity index (χ0) is 7.52. The molecule has 1 saturated heterocycles. The van der Waals surface area contributed by atoms with Crippen LogP contribution in [0.25, 0.3) is 6.08 Å².